The Morgan fingerprint density at radius 1 is 1.27 bits per heavy atom. The van der Waals surface area contributed by atoms with Gasteiger partial charge in [0.05, 0.1) is 21.7 Å². The van der Waals surface area contributed by atoms with Gasteiger partial charge < -0.3 is 4.90 Å². The minimum atomic E-state index is -0.364. The third kappa shape index (κ3) is 3.79. The van der Waals surface area contributed by atoms with Crippen LogP contribution in [0.25, 0.3) is 10.2 Å². The number of aromatic nitrogens is 1. The van der Waals surface area contributed by atoms with Crippen molar-refractivity contribution >= 4 is 50.7 Å². The highest BCUT2D eigenvalue weighted by Gasteiger charge is 2.41. The third-order valence-electron chi connectivity index (χ3n) is 5.67. The molecule has 156 valence electrons. The van der Waals surface area contributed by atoms with Crippen LogP contribution in [0.4, 0.5) is 5.69 Å². The summed E-state index contributed by atoms with van der Waals surface area (Å²) in [5.41, 5.74) is 4.19. The zero-order chi connectivity index (χ0) is 21.6. The van der Waals surface area contributed by atoms with Crippen LogP contribution < -0.4 is 4.90 Å². The van der Waals surface area contributed by atoms with Crippen LogP contribution in [0.5, 0.6) is 0 Å². The van der Waals surface area contributed by atoms with Gasteiger partial charge in [-0.1, -0.05) is 36.9 Å². The number of hydrogen-bond acceptors (Lipinski definition) is 5. The first kappa shape index (κ1) is 21.1. The van der Waals surface area contributed by atoms with Crippen molar-refractivity contribution in [2.45, 2.75) is 56.8 Å². The van der Waals surface area contributed by atoms with E-state index in [0.29, 0.717) is 11.3 Å². The van der Waals surface area contributed by atoms with E-state index in [2.05, 4.69) is 31.8 Å². The molecule has 0 bridgehead atoms. The van der Waals surface area contributed by atoms with Crippen LogP contribution in [0.3, 0.4) is 0 Å². The molecule has 1 aliphatic rings. The lowest BCUT2D eigenvalue weighted by Crippen LogP contribution is -2.53. The molecule has 0 aliphatic carbocycles. The predicted molar refractivity (Wildman–Crippen MR) is 126 cm³/mol. The van der Waals surface area contributed by atoms with E-state index in [4.69, 9.17) is 0 Å². The quantitative estimate of drug-likeness (QED) is 0.358. The van der Waals surface area contributed by atoms with E-state index in [1.165, 1.54) is 11.8 Å². The minimum absolute atomic E-state index is 0.00326. The Morgan fingerprint density at radius 2 is 2.00 bits per heavy atom. The zero-order valence-corrected chi connectivity index (χ0v) is 19.6. The fourth-order valence-corrected chi connectivity index (χ4v) is 6.43. The van der Waals surface area contributed by atoms with Gasteiger partial charge in [-0.3, -0.25) is 9.59 Å². The summed E-state index contributed by atoms with van der Waals surface area (Å²) >= 11 is 3.08. The maximum absolute atomic E-state index is 13.5. The maximum atomic E-state index is 13.5. The normalized spacial score (nSPS) is 17.8. The van der Waals surface area contributed by atoms with Crippen LogP contribution >= 0.6 is 23.1 Å². The summed E-state index contributed by atoms with van der Waals surface area (Å²) in [6, 6.07) is 12.1. The Labute approximate surface area is 185 Å². The summed E-state index contributed by atoms with van der Waals surface area (Å²) in [6.07, 6.45) is 0.859. The van der Waals surface area contributed by atoms with Crippen molar-refractivity contribution in [3.63, 3.8) is 0 Å². The fraction of sp³-hybridized carbons (Fsp3) is 0.375. The van der Waals surface area contributed by atoms with Gasteiger partial charge >= 0.3 is 0 Å². The van der Waals surface area contributed by atoms with Gasteiger partial charge in [-0.25, -0.2) is 4.98 Å². The first-order valence-electron chi connectivity index (χ1n) is 10.1. The summed E-state index contributed by atoms with van der Waals surface area (Å²) < 4.78 is 2.02. The number of carbonyl (C=O) groups is 2. The Bertz CT molecular complexity index is 1120. The molecule has 0 radical (unpaired) electrons. The molecule has 30 heavy (non-hydrogen) atoms. The number of nitrogens with zero attached hydrogens (tertiary/aromatic N) is 2. The van der Waals surface area contributed by atoms with Gasteiger partial charge in [-0.05, 0) is 69.4 Å². The molecule has 0 saturated carbocycles. The average Bonchev–Trinajstić information content (AvgIpc) is 3.08. The Balaban J connectivity index is 1.69. The van der Waals surface area contributed by atoms with E-state index >= 15 is 0 Å². The average molecular weight is 439 g/mol. The van der Waals surface area contributed by atoms with E-state index in [0.717, 1.165) is 37.8 Å². The number of hydrogen-bond donors (Lipinski definition) is 0. The van der Waals surface area contributed by atoms with Gasteiger partial charge in [0.2, 0.25) is 5.91 Å². The fourth-order valence-electron chi connectivity index (χ4n) is 4.52. The molecule has 0 saturated heterocycles. The minimum Gasteiger partial charge on any atom is -0.305 e. The van der Waals surface area contributed by atoms with Crippen LogP contribution in [-0.4, -0.2) is 28.0 Å². The molecule has 1 atom stereocenters. The van der Waals surface area contributed by atoms with Crippen molar-refractivity contribution in [2.75, 3.05) is 10.7 Å². The van der Waals surface area contributed by atoms with Crippen LogP contribution in [-0.2, 0) is 4.79 Å². The molecule has 6 heteroatoms. The standard InChI is InChI=1S/C24H26N2O2S2/c1-14-10-17-15(2)12-24(4,5)26(22(17)18(11-14)16(3)27)21(28)13-29-23-25-19-8-6-7-9-20(19)30-23/h6-11,15H,12-13H2,1-5H3/t15-/m1/s1. The number of carbonyl (C=O) groups excluding carboxylic acids is 2. The van der Waals surface area contributed by atoms with Gasteiger partial charge in [-0.15, -0.1) is 11.3 Å². The highest BCUT2D eigenvalue weighted by Crippen LogP contribution is 2.46. The van der Waals surface area contributed by atoms with Crippen molar-refractivity contribution in [3.05, 3.63) is 53.1 Å². The lowest BCUT2D eigenvalue weighted by molar-refractivity contribution is -0.117. The number of thiazole rings is 1. The Kier molecular flexibility index (Phi) is 5.49. The summed E-state index contributed by atoms with van der Waals surface area (Å²) in [5.74, 6) is 0.594. The number of Topliss-reactive ketones (excluding diaryl/α,β-unsaturated/α-hetero) is 1. The summed E-state index contributed by atoms with van der Waals surface area (Å²) in [7, 11) is 0. The predicted octanol–water partition coefficient (Wildman–Crippen LogP) is 6.22. The first-order valence-corrected chi connectivity index (χ1v) is 11.9. The smallest absolute Gasteiger partial charge is 0.237 e. The molecule has 3 aromatic rings. The van der Waals surface area contributed by atoms with Crippen molar-refractivity contribution in [1.29, 1.82) is 0 Å². The molecule has 4 nitrogen and oxygen atoms in total. The monoisotopic (exact) mass is 438 g/mol. The highest BCUT2D eigenvalue weighted by atomic mass is 32.2. The molecule has 1 aliphatic heterocycles. The molecule has 1 amide bonds. The SMILES string of the molecule is CC(=O)c1cc(C)cc2c1N(C(=O)CSc1nc3ccccc3s1)C(C)(C)C[C@H]2C. The van der Waals surface area contributed by atoms with Gasteiger partial charge in [0.1, 0.15) is 0 Å². The zero-order valence-electron chi connectivity index (χ0n) is 18.0. The Morgan fingerprint density at radius 3 is 2.70 bits per heavy atom. The van der Waals surface area contributed by atoms with Crippen LogP contribution in [0, 0.1) is 6.92 Å². The summed E-state index contributed by atoms with van der Waals surface area (Å²) in [4.78, 5) is 32.5. The number of amides is 1. The summed E-state index contributed by atoms with van der Waals surface area (Å²) in [5, 5.41) is 0. The number of aryl methyl sites for hydroxylation is 1. The number of thioether (sulfide) groups is 1. The number of benzene rings is 2. The maximum Gasteiger partial charge on any atom is 0.237 e. The van der Waals surface area contributed by atoms with Gasteiger partial charge in [-0.2, -0.15) is 0 Å². The van der Waals surface area contributed by atoms with Crippen molar-refractivity contribution in [2.24, 2.45) is 0 Å². The van der Waals surface area contributed by atoms with Gasteiger partial charge in [0.15, 0.2) is 10.1 Å². The molecule has 0 fully saturated rings. The number of ketones is 1. The van der Waals surface area contributed by atoms with Crippen LogP contribution in [0.1, 0.15) is 61.5 Å². The lowest BCUT2D eigenvalue weighted by Gasteiger charge is -2.47. The topological polar surface area (TPSA) is 50.3 Å². The van der Waals surface area contributed by atoms with E-state index in [9.17, 15) is 9.59 Å². The second-order valence-corrected chi connectivity index (χ2v) is 10.9. The van der Waals surface area contributed by atoms with E-state index < -0.39 is 0 Å². The molecule has 0 unspecified atom stereocenters. The molecular formula is C24H26N2O2S2. The largest absolute Gasteiger partial charge is 0.305 e. The van der Waals surface area contributed by atoms with Gasteiger partial charge in [0, 0.05) is 11.1 Å². The molecule has 4 rings (SSSR count). The van der Waals surface area contributed by atoms with Gasteiger partial charge in [0.25, 0.3) is 0 Å². The van der Waals surface area contributed by atoms with Crippen molar-refractivity contribution in [1.82, 2.24) is 4.98 Å². The Hall–Kier alpha value is -2.18. The second-order valence-electron chi connectivity index (χ2n) is 8.69. The van der Waals surface area contributed by atoms with Crippen LogP contribution in [0.15, 0.2) is 40.7 Å². The number of para-hydroxylation sites is 1. The number of fused-ring (bicyclic) bond motifs is 2. The third-order valence-corrected chi connectivity index (χ3v) is 7.84. The second kappa shape index (κ2) is 7.82. The van der Waals surface area contributed by atoms with Crippen LogP contribution in [0.2, 0.25) is 0 Å². The van der Waals surface area contributed by atoms with E-state index in [1.54, 1.807) is 18.3 Å². The van der Waals surface area contributed by atoms with E-state index in [-0.39, 0.29) is 23.1 Å². The van der Waals surface area contributed by atoms with E-state index in [1.807, 2.05) is 42.2 Å². The lowest BCUT2D eigenvalue weighted by atomic mass is 9.78. The molecule has 1 aromatic heterocycles. The first-order chi connectivity index (χ1) is 14.2. The molecule has 0 N–H and O–H groups in total. The highest BCUT2D eigenvalue weighted by molar-refractivity contribution is 8.01. The molecule has 2 aromatic carbocycles. The summed E-state index contributed by atoms with van der Waals surface area (Å²) in [6.45, 7) is 9.96. The number of anilines is 1. The number of rotatable bonds is 4. The molecule has 2 heterocycles. The molecule has 0 spiro atoms. The van der Waals surface area contributed by atoms with Crippen molar-refractivity contribution < 1.29 is 9.59 Å². The molecular weight excluding hydrogens is 412 g/mol. The van der Waals surface area contributed by atoms with Crippen molar-refractivity contribution in [3.8, 4) is 0 Å².